The Morgan fingerprint density at radius 1 is 1.53 bits per heavy atom. The van der Waals surface area contributed by atoms with Crippen molar-refractivity contribution >= 4 is 11.8 Å². The zero-order chi connectivity index (χ0) is 11.1. The molecule has 0 fully saturated rings. The number of rotatable bonds is 4. The molecule has 0 aromatic heterocycles. The van der Waals surface area contributed by atoms with E-state index in [1.165, 1.54) is 6.07 Å². The molecule has 0 bridgehead atoms. The highest BCUT2D eigenvalue weighted by molar-refractivity contribution is 5.56. The lowest BCUT2D eigenvalue weighted by atomic mass is 10.1. The Balaban J connectivity index is 2.56. The van der Waals surface area contributed by atoms with Crippen molar-refractivity contribution in [1.82, 2.24) is 0 Å². The molecule has 1 aromatic rings. The van der Waals surface area contributed by atoms with Gasteiger partial charge in [-0.05, 0) is 29.6 Å². The smallest absolute Gasteiger partial charge is 0.146 e. The van der Waals surface area contributed by atoms with Crippen molar-refractivity contribution in [2.45, 2.75) is 6.42 Å². The normalized spacial score (nSPS) is 10.2. The van der Waals surface area contributed by atoms with Gasteiger partial charge in [-0.1, -0.05) is 23.3 Å². The maximum atomic E-state index is 12.8. The SMILES string of the molecule is [N-]=[N+]=NCCC=Cc1ccc(F)c(N)c1. The van der Waals surface area contributed by atoms with Crippen molar-refractivity contribution in [1.29, 1.82) is 0 Å². The van der Waals surface area contributed by atoms with Gasteiger partial charge in [-0.25, -0.2) is 4.39 Å². The highest BCUT2D eigenvalue weighted by Gasteiger charge is 1.96. The molecule has 78 valence electrons. The van der Waals surface area contributed by atoms with E-state index in [4.69, 9.17) is 11.3 Å². The second kappa shape index (κ2) is 5.67. The van der Waals surface area contributed by atoms with E-state index in [2.05, 4.69) is 10.0 Å². The van der Waals surface area contributed by atoms with Gasteiger partial charge >= 0.3 is 0 Å². The zero-order valence-corrected chi connectivity index (χ0v) is 8.10. The van der Waals surface area contributed by atoms with Gasteiger partial charge in [-0.2, -0.15) is 0 Å². The Labute approximate surface area is 86.8 Å². The lowest BCUT2D eigenvalue weighted by Crippen LogP contribution is -1.90. The molecule has 2 N–H and O–H groups in total. The summed E-state index contributed by atoms with van der Waals surface area (Å²) in [5.74, 6) is -0.416. The molecule has 0 aliphatic heterocycles. The minimum Gasteiger partial charge on any atom is -0.396 e. The van der Waals surface area contributed by atoms with Gasteiger partial charge in [0.1, 0.15) is 5.82 Å². The van der Waals surface area contributed by atoms with E-state index in [0.29, 0.717) is 13.0 Å². The average Bonchev–Trinajstić information content (AvgIpc) is 2.23. The fraction of sp³-hybridized carbons (Fsp3) is 0.200. The third-order valence-electron chi connectivity index (χ3n) is 1.79. The Kier molecular flexibility index (Phi) is 4.19. The first-order chi connectivity index (χ1) is 7.24. The first-order valence-corrected chi connectivity index (χ1v) is 4.46. The van der Waals surface area contributed by atoms with E-state index in [1.807, 2.05) is 12.2 Å². The molecule has 0 amide bonds. The second-order valence-corrected chi connectivity index (χ2v) is 2.93. The van der Waals surface area contributed by atoms with Gasteiger partial charge in [0.2, 0.25) is 0 Å². The van der Waals surface area contributed by atoms with Crippen molar-refractivity contribution in [2.24, 2.45) is 5.11 Å². The maximum absolute atomic E-state index is 12.8. The molecule has 1 rings (SSSR count). The molecular weight excluding hydrogens is 195 g/mol. The van der Waals surface area contributed by atoms with E-state index in [9.17, 15) is 4.39 Å². The number of azide groups is 1. The first kappa shape index (κ1) is 11.1. The predicted molar refractivity (Wildman–Crippen MR) is 58.5 cm³/mol. The molecule has 15 heavy (non-hydrogen) atoms. The van der Waals surface area contributed by atoms with Crippen LogP contribution in [-0.4, -0.2) is 6.54 Å². The van der Waals surface area contributed by atoms with Crippen molar-refractivity contribution in [3.63, 3.8) is 0 Å². The maximum Gasteiger partial charge on any atom is 0.146 e. The minimum absolute atomic E-state index is 0.132. The van der Waals surface area contributed by atoms with Crippen molar-refractivity contribution in [3.05, 3.63) is 46.1 Å². The summed E-state index contributed by atoms with van der Waals surface area (Å²) in [6.07, 6.45) is 4.31. The summed E-state index contributed by atoms with van der Waals surface area (Å²) < 4.78 is 12.8. The molecule has 0 aliphatic carbocycles. The second-order valence-electron chi connectivity index (χ2n) is 2.93. The fourth-order valence-electron chi connectivity index (χ4n) is 1.06. The Hall–Kier alpha value is -2.00. The zero-order valence-electron chi connectivity index (χ0n) is 8.10. The number of hydrogen-bond donors (Lipinski definition) is 1. The van der Waals surface area contributed by atoms with Gasteiger partial charge in [0.05, 0.1) is 5.69 Å². The summed E-state index contributed by atoms with van der Waals surface area (Å²) in [5, 5.41) is 3.38. The number of benzene rings is 1. The molecule has 4 nitrogen and oxygen atoms in total. The monoisotopic (exact) mass is 206 g/mol. The molecule has 1 aromatic carbocycles. The highest BCUT2D eigenvalue weighted by Crippen LogP contribution is 2.13. The molecule has 0 unspecified atom stereocenters. The third kappa shape index (κ3) is 3.70. The van der Waals surface area contributed by atoms with Crippen LogP contribution in [-0.2, 0) is 0 Å². The highest BCUT2D eigenvalue weighted by atomic mass is 19.1. The van der Waals surface area contributed by atoms with Crippen LogP contribution in [0.1, 0.15) is 12.0 Å². The number of nitrogens with zero attached hydrogens (tertiary/aromatic N) is 3. The molecule has 0 saturated heterocycles. The molecular formula is C10H11FN4. The molecule has 0 aliphatic rings. The average molecular weight is 206 g/mol. The van der Waals surface area contributed by atoms with Crippen LogP contribution in [0.4, 0.5) is 10.1 Å². The van der Waals surface area contributed by atoms with Gasteiger partial charge in [-0.15, -0.1) is 0 Å². The fourth-order valence-corrected chi connectivity index (χ4v) is 1.06. The quantitative estimate of drug-likeness (QED) is 0.265. The van der Waals surface area contributed by atoms with E-state index < -0.39 is 5.82 Å². The number of hydrogen-bond acceptors (Lipinski definition) is 2. The van der Waals surface area contributed by atoms with Gasteiger partial charge in [0, 0.05) is 11.5 Å². The Bertz CT molecular complexity index is 408. The van der Waals surface area contributed by atoms with E-state index in [1.54, 1.807) is 12.1 Å². The lowest BCUT2D eigenvalue weighted by molar-refractivity contribution is 0.632. The van der Waals surface area contributed by atoms with Crippen molar-refractivity contribution in [3.8, 4) is 0 Å². The number of halogens is 1. The van der Waals surface area contributed by atoms with Crippen LogP contribution < -0.4 is 5.73 Å². The van der Waals surface area contributed by atoms with Gasteiger partial charge < -0.3 is 5.73 Å². The molecule has 5 heteroatoms. The number of nitrogens with two attached hydrogens (primary N) is 1. The van der Waals surface area contributed by atoms with Gasteiger partial charge in [0.25, 0.3) is 0 Å². The van der Waals surface area contributed by atoms with Crippen molar-refractivity contribution in [2.75, 3.05) is 12.3 Å². The minimum atomic E-state index is -0.416. The van der Waals surface area contributed by atoms with Crippen LogP contribution in [0.15, 0.2) is 29.4 Å². The lowest BCUT2D eigenvalue weighted by Gasteiger charge is -1.97. The summed E-state index contributed by atoms with van der Waals surface area (Å²) in [7, 11) is 0. The van der Waals surface area contributed by atoms with Crippen LogP contribution in [0.5, 0.6) is 0 Å². The Morgan fingerprint density at radius 2 is 2.33 bits per heavy atom. The summed E-state index contributed by atoms with van der Waals surface area (Å²) in [5.41, 5.74) is 14.4. The molecule has 0 atom stereocenters. The summed E-state index contributed by atoms with van der Waals surface area (Å²) >= 11 is 0. The first-order valence-electron chi connectivity index (χ1n) is 4.46. The van der Waals surface area contributed by atoms with Gasteiger partial charge in [0.15, 0.2) is 0 Å². The summed E-state index contributed by atoms with van der Waals surface area (Å²) in [6.45, 7) is 0.420. The van der Waals surface area contributed by atoms with Crippen LogP contribution in [0.25, 0.3) is 16.5 Å². The van der Waals surface area contributed by atoms with Crippen LogP contribution in [0, 0.1) is 5.82 Å². The van der Waals surface area contributed by atoms with Crippen LogP contribution in [0.2, 0.25) is 0 Å². The summed E-state index contributed by atoms with van der Waals surface area (Å²) in [4.78, 5) is 2.63. The van der Waals surface area contributed by atoms with Crippen molar-refractivity contribution < 1.29 is 4.39 Å². The van der Waals surface area contributed by atoms with Gasteiger partial charge in [-0.3, -0.25) is 0 Å². The largest absolute Gasteiger partial charge is 0.396 e. The van der Waals surface area contributed by atoms with Crippen LogP contribution >= 0.6 is 0 Å². The molecule has 0 spiro atoms. The van der Waals surface area contributed by atoms with E-state index in [-0.39, 0.29) is 5.69 Å². The third-order valence-corrected chi connectivity index (χ3v) is 1.79. The Morgan fingerprint density at radius 3 is 3.00 bits per heavy atom. The molecule has 0 heterocycles. The predicted octanol–water partition coefficient (Wildman–Crippen LogP) is 3.12. The standard InChI is InChI=1S/C10H11FN4/c11-9-5-4-8(7-10(9)12)3-1-2-6-14-15-13/h1,3-5,7H,2,6,12H2. The summed E-state index contributed by atoms with van der Waals surface area (Å²) in [6, 6.07) is 4.51. The molecule has 0 saturated carbocycles. The van der Waals surface area contributed by atoms with E-state index in [0.717, 1.165) is 5.56 Å². The topological polar surface area (TPSA) is 74.8 Å². The number of nitrogen functional groups attached to an aromatic ring is 1. The van der Waals surface area contributed by atoms with Crippen LogP contribution in [0.3, 0.4) is 0 Å². The van der Waals surface area contributed by atoms with E-state index >= 15 is 0 Å². The molecule has 0 radical (unpaired) electrons. The number of anilines is 1.